The van der Waals surface area contributed by atoms with Crippen LogP contribution in [-0.4, -0.2) is 22.9 Å². The third-order valence-corrected chi connectivity index (χ3v) is 5.22. The van der Waals surface area contributed by atoms with Gasteiger partial charge in [-0.15, -0.1) is 0 Å². The van der Waals surface area contributed by atoms with E-state index in [0.717, 1.165) is 24.8 Å². The fraction of sp³-hybridized carbons (Fsp3) is 0.733. The van der Waals surface area contributed by atoms with Crippen molar-refractivity contribution in [2.45, 2.75) is 51.2 Å². The van der Waals surface area contributed by atoms with Crippen LogP contribution in [0.15, 0.2) is 23.8 Å². The molecular weight excluding hydrogens is 212 g/mol. The highest BCUT2D eigenvalue weighted by molar-refractivity contribution is 5.32. The summed E-state index contributed by atoms with van der Waals surface area (Å²) in [5.74, 6) is 0.411. The number of rotatable bonds is 1. The van der Waals surface area contributed by atoms with Crippen LogP contribution in [0.3, 0.4) is 0 Å². The minimum Gasteiger partial charge on any atom is -0.392 e. The van der Waals surface area contributed by atoms with Crippen molar-refractivity contribution in [3.63, 3.8) is 0 Å². The fourth-order valence-electron chi connectivity index (χ4n) is 4.06. The molecule has 0 amide bonds. The highest BCUT2D eigenvalue weighted by Gasteiger charge is 2.66. The molecule has 0 radical (unpaired) electrons. The average molecular weight is 234 g/mol. The van der Waals surface area contributed by atoms with Crippen molar-refractivity contribution in [3.05, 3.63) is 23.8 Å². The number of aliphatic hydroxyl groups is 1. The van der Waals surface area contributed by atoms with E-state index < -0.39 is 0 Å². The van der Waals surface area contributed by atoms with Crippen LogP contribution in [0.5, 0.6) is 0 Å². The van der Waals surface area contributed by atoms with Gasteiger partial charge in [-0.2, -0.15) is 0 Å². The Bertz CT molecular complexity index is 407. The molecule has 1 spiro atoms. The molecule has 2 nitrogen and oxygen atoms in total. The Kier molecular flexibility index (Phi) is 2.19. The summed E-state index contributed by atoms with van der Waals surface area (Å²) in [6.07, 6.45) is 9.65. The average Bonchev–Trinajstić information content (AvgIpc) is 2.64. The molecule has 3 aliphatic rings. The largest absolute Gasteiger partial charge is 0.392 e. The number of hydrogen-bond acceptors (Lipinski definition) is 2. The molecular formula is C15H22O2. The van der Waals surface area contributed by atoms with Crippen LogP contribution in [0.4, 0.5) is 0 Å². The topological polar surface area (TPSA) is 29.5 Å². The number of ether oxygens (including phenoxy) is 1. The molecule has 17 heavy (non-hydrogen) atoms. The molecule has 2 bridgehead atoms. The monoisotopic (exact) mass is 234 g/mol. The summed E-state index contributed by atoms with van der Waals surface area (Å²) in [6, 6.07) is 0. The van der Waals surface area contributed by atoms with E-state index in [1.54, 1.807) is 0 Å². The van der Waals surface area contributed by atoms with Crippen molar-refractivity contribution in [2.75, 3.05) is 6.61 Å². The van der Waals surface area contributed by atoms with Gasteiger partial charge in [-0.25, -0.2) is 0 Å². The van der Waals surface area contributed by atoms with Gasteiger partial charge in [0.1, 0.15) is 0 Å². The Morgan fingerprint density at radius 2 is 2.12 bits per heavy atom. The van der Waals surface area contributed by atoms with E-state index in [1.807, 2.05) is 0 Å². The molecule has 2 aliphatic heterocycles. The van der Waals surface area contributed by atoms with Crippen LogP contribution in [-0.2, 0) is 4.74 Å². The first-order valence-corrected chi connectivity index (χ1v) is 6.62. The molecule has 0 aromatic heterocycles. The molecule has 1 aliphatic carbocycles. The second-order valence-electron chi connectivity index (χ2n) is 6.70. The molecule has 2 heteroatoms. The van der Waals surface area contributed by atoms with Crippen molar-refractivity contribution < 1.29 is 9.84 Å². The van der Waals surface area contributed by atoms with Crippen LogP contribution in [0.25, 0.3) is 0 Å². The maximum absolute atomic E-state index is 9.53. The van der Waals surface area contributed by atoms with Gasteiger partial charge in [0.15, 0.2) is 0 Å². The molecule has 3 atom stereocenters. The summed E-state index contributed by atoms with van der Waals surface area (Å²) in [6.45, 7) is 6.94. The molecule has 2 fully saturated rings. The standard InChI is InChI=1S/C15H22O2/c1-13(2)9-12-11(10-16)5-4-6-14(3)7-8-15(12,13)17-14/h4-6,12,16H,7-10H2,1-3H3/b6-4-,11-5-/t12-,14-,15+/m1/s1. The number of allylic oxidation sites excluding steroid dienone is 2. The zero-order chi connectivity index (χ0) is 12.3. The second-order valence-corrected chi connectivity index (χ2v) is 6.70. The van der Waals surface area contributed by atoms with Crippen molar-refractivity contribution >= 4 is 0 Å². The van der Waals surface area contributed by atoms with Crippen molar-refractivity contribution in [3.8, 4) is 0 Å². The molecule has 1 saturated carbocycles. The number of fused-ring (bicyclic) bond motifs is 1. The number of aliphatic hydroxyl groups excluding tert-OH is 1. The van der Waals surface area contributed by atoms with E-state index in [0.29, 0.717) is 5.92 Å². The molecule has 0 aromatic carbocycles. The molecule has 1 saturated heterocycles. The third kappa shape index (κ3) is 1.34. The first-order valence-electron chi connectivity index (χ1n) is 6.62. The Morgan fingerprint density at radius 3 is 2.76 bits per heavy atom. The van der Waals surface area contributed by atoms with E-state index >= 15 is 0 Å². The molecule has 94 valence electrons. The van der Waals surface area contributed by atoms with Crippen molar-refractivity contribution in [2.24, 2.45) is 11.3 Å². The van der Waals surface area contributed by atoms with Crippen LogP contribution < -0.4 is 0 Å². The Labute approximate surface area is 103 Å². The van der Waals surface area contributed by atoms with Crippen LogP contribution in [0.1, 0.15) is 40.0 Å². The summed E-state index contributed by atoms with van der Waals surface area (Å²) in [7, 11) is 0. The summed E-state index contributed by atoms with van der Waals surface area (Å²) < 4.78 is 6.48. The third-order valence-electron chi connectivity index (χ3n) is 5.22. The summed E-state index contributed by atoms with van der Waals surface area (Å²) in [5, 5.41) is 9.53. The van der Waals surface area contributed by atoms with Gasteiger partial charge in [-0.3, -0.25) is 0 Å². The van der Waals surface area contributed by atoms with Gasteiger partial charge in [0.05, 0.1) is 17.8 Å². The highest BCUT2D eigenvalue weighted by Crippen LogP contribution is 2.65. The second kappa shape index (κ2) is 3.24. The maximum atomic E-state index is 9.53. The van der Waals surface area contributed by atoms with Crippen LogP contribution in [0.2, 0.25) is 0 Å². The van der Waals surface area contributed by atoms with Gasteiger partial charge in [0.2, 0.25) is 0 Å². The van der Waals surface area contributed by atoms with Crippen LogP contribution >= 0.6 is 0 Å². The molecule has 0 unspecified atom stereocenters. The van der Waals surface area contributed by atoms with Gasteiger partial charge in [-0.05, 0) is 37.2 Å². The predicted molar refractivity (Wildman–Crippen MR) is 67.7 cm³/mol. The van der Waals surface area contributed by atoms with Gasteiger partial charge < -0.3 is 9.84 Å². The first-order chi connectivity index (χ1) is 7.93. The van der Waals surface area contributed by atoms with Gasteiger partial charge >= 0.3 is 0 Å². The normalized spacial score (nSPS) is 51.5. The quantitative estimate of drug-likeness (QED) is 0.756. The minimum atomic E-state index is -0.104. The zero-order valence-corrected chi connectivity index (χ0v) is 11.0. The van der Waals surface area contributed by atoms with Crippen molar-refractivity contribution in [1.29, 1.82) is 0 Å². The lowest BCUT2D eigenvalue weighted by atomic mass is 9.49. The maximum Gasteiger partial charge on any atom is 0.0846 e. The van der Waals surface area contributed by atoms with E-state index in [9.17, 15) is 5.11 Å². The number of hydrogen-bond donors (Lipinski definition) is 1. The van der Waals surface area contributed by atoms with E-state index in [2.05, 4.69) is 39.0 Å². The zero-order valence-electron chi connectivity index (χ0n) is 11.0. The van der Waals surface area contributed by atoms with E-state index in [-0.39, 0.29) is 23.2 Å². The summed E-state index contributed by atoms with van der Waals surface area (Å²) in [5.41, 5.74) is 1.23. The van der Waals surface area contributed by atoms with E-state index in [1.165, 1.54) is 0 Å². The Hall–Kier alpha value is -0.600. The molecule has 1 N–H and O–H groups in total. The fourth-order valence-corrected chi connectivity index (χ4v) is 4.06. The van der Waals surface area contributed by atoms with Gasteiger partial charge in [-0.1, -0.05) is 32.1 Å². The lowest BCUT2D eigenvalue weighted by Crippen LogP contribution is -2.63. The molecule has 0 aromatic rings. The van der Waals surface area contributed by atoms with Gasteiger partial charge in [0, 0.05) is 5.92 Å². The summed E-state index contributed by atoms with van der Waals surface area (Å²) >= 11 is 0. The summed E-state index contributed by atoms with van der Waals surface area (Å²) in [4.78, 5) is 0. The van der Waals surface area contributed by atoms with E-state index in [4.69, 9.17) is 4.74 Å². The lowest BCUT2D eigenvalue weighted by Gasteiger charge is -2.61. The molecule has 2 heterocycles. The Morgan fingerprint density at radius 1 is 1.35 bits per heavy atom. The van der Waals surface area contributed by atoms with Crippen LogP contribution in [0, 0.1) is 11.3 Å². The van der Waals surface area contributed by atoms with Gasteiger partial charge in [0.25, 0.3) is 0 Å². The molecule has 3 rings (SSSR count). The smallest absolute Gasteiger partial charge is 0.0846 e. The Balaban J connectivity index is 2.07. The lowest BCUT2D eigenvalue weighted by molar-refractivity contribution is -0.227. The highest BCUT2D eigenvalue weighted by atomic mass is 16.5. The first kappa shape index (κ1) is 11.5. The minimum absolute atomic E-state index is 0.0406. The predicted octanol–water partition coefficient (Wildman–Crippen LogP) is 2.83. The van der Waals surface area contributed by atoms with Crippen molar-refractivity contribution in [1.82, 2.24) is 0 Å². The SMILES string of the molecule is CC1(C)C[C@@H]2/C(CO)=C\C=C/[C@]3(C)CC[C@]21O3.